The highest BCUT2D eigenvalue weighted by Gasteiger charge is 2.24. The van der Waals surface area contributed by atoms with Gasteiger partial charge < -0.3 is 10.6 Å². The lowest BCUT2D eigenvalue weighted by atomic mass is 9.92. The van der Waals surface area contributed by atoms with Crippen molar-refractivity contribution >= 4 is 0 Å². The molecule has 1 saturated heterocycles. The predicted molar refractivity (Wildman–Crippen MR) is 59.2 cm³/mol. The average molecular weight is 208 g/mol. The third kappa shape index (κ3) is 2.36. The molecule has 2 rings (SSSR count). The zero-order chi connectivity index (χ0) is 10.7. The second-order valence-corrected chi connectivity index (χ2v) is 4.07. The van der Waals surface area contributed by atoms with Gasteiger partial charge in [0.1, 0.15) is 5.82 Å². The van der Waals surface area contributed by atoms with E-state index in [1.54, 1.807) is 12.1 Å². The molecule has 2 N–H and O–H groups in total. The molecule has 0 aliphatic carbocycles. The van der Waals surface area contributed by atoms with Gasteiger partial charge in [0, 0.05) is 6.04 Å². The lowest BCUT2D eigenvalue weighted by molar-refractivity contribution is 0.409. The Morgan fingerprint density at radius 3 is 3.00 bits per heavy atom. The minimum Gasteiger partial charge on any atom is -0.316 e. The van der Waals surface area contributed by atoms with Crippen LogP contribution in [-0.2, 0) is 0 Å². The second kappa shape index (κ2) is 4.73. The number of hydrogen-bond acceptors (Lipinski definition) is 2. The number of rotatable bonds is 3. The van der Waals surface area contributed by atoms with Crippen LogP contribution in [0.1, 0.15) is 18.0 Å². The highest BCUT2D eigenvalue weighted by Crippen LogP contribution is 2.26. The molecule has 2 unspecified atom stereocenters. The molecule has 0 bridgehead atoms. The minimum atomic E-state index is -0.154. The van der Waals surface area contributed by atoms with Crippen LogP contribution in [0.5, 0.6) is 0 Å². The Hall–Kier alpha value is -0.930. The highest BCUT2D eigenvalue weighted by atomic mass is 19.1. The molecule has 15 heavy (non-hydrogen) atoms. The van der Waals surface area contributed by atoms with Gasteiger partial charge in [0.15, 0.2) is 0 Å². The van der Waals surface area contributed by atoms with E-state index in [0.717, 1.165) is 25.1 Å². The summed E-state index contributed by atoms with van der Waals surface area (Å²) in [6.07, 6.45) is 1.15. The molecule has 1 heterocycles. The molecule has 1 aliphatic heterocycles. The number of benzene rings is 1. The number of halogens is 1. The molecule has 0 radical (unpaired) electrons. The average Bonchev–Trinajstić information content (AvgIpc) is 2.72. The van der Waals surface area contributed by atoms with Crippen molar-refractivity contribution in [1.82, 2.24) is 10.6 Å². The quantitative estimate of drug-likeness (QED) is 0.790. The van der Waals surface area contributed by atoms with Crippen molar-refractivity contribution in [1.29, 1.82) is 0 Å². The Morgan fingerprint density at radius 2 is 2.40 bits per heavy atom. The SMILES string of the molecule is CNC(c1cccc(F)c1)C1CCNC1. The standard InChI is InChI=1S/C12H17FN2/c1-14-12(10-5-6-15-8-10)9-3-2-4-11(13)7-9/h2-4,7,10,12,14-15H,5-6,8H2,1H3. The van der Waals surface area contributed by atoms with Crippen LogP contribution in [0.4, 0.5) is 4.39 Å². The molecule has 0 amide bonds. The maximum absolute atomic E-state index is 13.1. The van der Waals surface area contributed by atoms with Gasteiger partial charge in [-0.25, -0.2) is 4.39 Å². The molecule has 2 nitrogen and oxygen atoms in total. The first-order valence-corrected chi connectivity index (χ1v) is 5.44. The van der Waals surface area contributed by atoms with Crippen LogP contribution in [0.3, 0.4) is 0 Å². The Morgan fingerprint density at radius 1 is 1.53 bits per heavy atom. The van der Waals surface area contributed by atoms with Gasteiger partial charge >= 0.3 is 0 Å². The fourth-order valence-corrected chi connectivity index (χ4v) is 2.34. The Kier molecular flexibility index (Phi) is 3.34. The van der Waals surface area contributed by atoms with E-state index < -0.39 is 0 Å². The summed E-state index contributed by atoms with van der Waals surface area (Å²) >= 11 is 0. The van der Waals surface area contributed by atoms with Crippen molar-refractivity contribution in [2.75, 3.05) is 20.1 Å². The molecule has 1 aliphatic rings. The maximum atomic E-state index is 13.1. The van der Waals surface area contributed by atoms with Gasteiger partial charge in [-0.3, -0.25) is 0 Å². The van der Waals surface area contributed by atoms with Crippen molar-refractivity contribution in [2.45, 2.75) is 12.5 Å². The van der Waals surface area contributed by atoms with Crippen molar-refractivity contribution in [3.63, 3.8) is 0 Å². The molecule has 2 atom stereocenters. The van der Waals surface area contributed by atoms with Crippen LogP contribution in [0.2, 0.25) is 0 Å². The van der Waals surface area contributed by atoms with Gasteiger partial charge in [-0.05, 0) is 50.2 Å². The van der Waals surface area contributed by atoms with E-state index in [1.165, 1.54) is 6.07 Å². The molecule has 0 aromatic heterocycles. The Bertz CT molecular complexity index is 321. The van der Waals surface area contributed by atoms with Gasteiger partial charge in [0.2, 0.25) is 0 Å². The molecule has 1 fully saturated rings. The van der Waals surface area contributed by atoms with Crippen molar-refractivity contribution in [3.8, 4) is 0 Å². The van der Waals surface area contributed by atoms with Crippen molar-refractivity contribution in [3.05, 3.63) is 35.6 Å². The molecule has 1 aromatic rings. The van der Waals surface area contributed by atoms with E-state index in [2.05, 4.69) is 10.6 Å². The van der Waals surface area contributed by atoms with Crippen LogP contribution in [0, 0.1) is 11.7 Å². The topological polar surface area (TPSA) is 24.1 Å². The lowest BCUT2D eigenvalue weighted by Crippen LogP contribution is -2.26. The molecule has 0 saturated carbocycles. The predicted octanol–water partition coefficient (Wildman–Crippen LogP) is 1.70. The zero-order valence-corrected chi connectivity index (χ0v) is 8.96. The summed E-state index contributed by atoms with van der Waals surface area (Å²) < 4.78 is 13.1. The molecule has 0 spiro atoms. The van der Waals surface area contributed by atoms with Gasteiger partial charge in [-0.2, -0.15) is 0 Å². The molecule has 1 aromatic carbocycles. The summed E-state index contributed by atoms with van der Waals surface area (Å²) in [5.41, 5.74) is 1.05. The van der Waals surface area contributed by atoms with Crippen molar-refractivity contribution < 1.29 is 4.39 Å². The summed E-state index contributed by atoms with van der Waals surface area (Å²) in [7, 11) is 1.94. The Balaban J connectivity index is 2.18. The molecular formula is C12H17FN2. The summed E-state index contributed by atoms with van der Waals surface area (Å²) in [5.74, 6) is 0.413. The third-order valence-electron chi connectivity index (χ3n) is 3.09. The van der Waals surface area contributed by atoms with Gasteiger partial charge in [-0.15, -0.1) is 0 Å². The smallest absolute Gasteiger partial charge is 0.123 e. The first-order valence-electron chi connectivity index (χ1n) is 5.44. The summed E-state index contributed by atoms with van der Waals surface area (Å²) in [5, 5.41) is 6.62. The second-order valence-electron chi connectivity index (χ2n) is 4.07. The number of nitrogens with one attached hydrogen (secondary N) is 2. The van der Waals surface area contributed by atoms with E-state index in [1.807, 2.05) is 13.1 Å². The van der Waals surface area contributed by atoms with E-state index in [-0.39, 0.29) is 11.9 Å². The Labute approximate surface area is 89.9 Å². The van der Waals surface area contributed by atoms with Gasteiger partial charge in [0.25, 0.3) is 0 Å². The zero-order valence-electron chi connectivity index (χ0n) is 8.96. The van der Waals surface area contributed by atoms with Crippen molar-refractivity contribution in [2.24, 2.45) is 5.92 Å². The van der Waals surface area contributed by atoms with E-state index >= 15 is 0 Å². The van der Waals surface area contributed by atoms with Gasteiger partial charge in [-0.1, -0.05) is 12.1 Å². The molecular weight excluding hydrogens is 191 g/mol. The summed E-state index contributed by atoms with van der Waals surface area (Å²) in [6.45, 7) is 2.08. The third-order valence-corrected chi connectivity index (χ3v) is 3.09. The van der Waals surface area contributed by atoms with E-state index in [0.29, 0.717) is 5.92 Å². The van der Waals surface area contributed by atoms with Crippen LogP contribution in [-0.4, -0.2) is 20.1 Å². The van der Waals surface area contributed by atoms with Crippen LogP contribution >= 0.6 is 0 Å². The molecule has 82 valence electrons. The number of hydrogen-bond donors (Lipinski definition) is 2. The fourth-order valence-electron chi connectivity index (χ4n) is 2.34. The van der Waals surface area contributed by atoms with Crippen LogP contribution < -0.4 is 10.6 Å². The van der Waals surface area contributed by atoms with Crippen LogP contribution in [0.15, 0.2) is 24.3 Å². The first kappa shape index (κ1) is 10.6. The van der Waals surface area contributed by atoms with E-state index in [9.17, 15) is 4.39 Å². The largest absolute Gasteiger partial charge is 0.316 e. The summed E-state index contributed by atoms with van der Waals surface area (Å²) in [4.78, 5) is 0. The summed E-state index contributed by atoms with van der Waals surface area (Å²) in [6, 6.07) is 7.14. The molecule has 3 heteroatoms. The lowest BCUT2D eigenvalue weighted by Gasteiger charge is -2.22. The van der Waals surface area contributed by atoms with E-state index in [4.69, 9.17) is 0 Å². The normalized spacial score (nSPS) is 22.9. The maximum Gasteiger partial charge on any atom is 0.123 e. The fraction of sp³-hybridized carbons (Fsp3) is 0.500. The first-order chi connectivity index (χ1) is 7.31. The monoisotopic (exact) mass is 208 g/mol. The highest BCUT2D eigenvalue weighted by molar-refractivity contribution is 5.21. The minimum absolute atomic E-state index is 0.154. The van der Waals surface area contributed by atoms with Gasteiger partial charge in [0.05, 0.1) is 0 Å². The van der Waals surface area contributed by atoms with Crippen LogP contribution in [0.25, 0.3) is 0 Å².